The van der Waals surface area contributed by atoms with E-state index in [4.69, 9.17) is 30.3 Å². The first-order valence-electron chi connectivity index (χ1n) is 11.7. The Morgan fingerprint density at radius 1 is 0.848 bits per heavy atom. The molecule has 0 aliphatic carbocycles. The van der Waals surface area contributed by atoms with Gasteiger partial charge in [-0.2, -0.15) is 39.5 Å². The summed E-state index contributed by atoms with van der Waals surface area (Å²) in [5.74, 6) is -5.45. The van der Waals surface area contributed by atoms with E-state index >= 15 is 0 Å². The normalized spacial score (nSPS) is 11.9. The number of alkyl halides is 9. The minimum absolute atomic E-state index is 0.156. The Kier molecular flexibility index (Phi) is 13.4. The summed E-state index contributed by atoms with van der Waals surface area (Å²) in [5.41, 5.74) is 5.87. The minimum Gasteiger partial charge on any atom is -0.475 e. The van der Waals surface area contributed by atoms with Crippen molar-refractivity contribution in [2.24, 2.45) is 5.73 Å². The summed E-state index contributed by atoms with van der Waals surface area (Å²) in [6.07, 6.45) is -13.4. The molecule has 1 heterocycles. The molecule has 46 heavy (non-hydrogen) atoms. The Hall–Kier alpha value is -5.47. The molecule has 1 aromatic heterocycles. The van der Waals surface area contributed by atoms with Crippen LogP contribution in [-0.2, 0) is 27.0 Å². The number of aromatic nitrogens is 1. The molecule has 21 heteroatoms. The molecule has 0 bridgehead atoms. The molecule has 250 valence electrons. The van der Waals surface area contributed by atoms with Gasteiger partial charge in [0.2, 0.25) is 11.8 Å². The van der Waals surface area contributed by atoms with Gasteiger partial charge in [-0.1, -0.05) is 12.1 Å². The fourth-order valence-corrected chi connectivity index (χ4v) is 2.68. The summed E-state index contributed by atoms with van der Waals surface area (Å²) in [6.45, 7) is 0. The first-order valence-corrected chi connectivity index (χ1v) is 11.7. The van der Waals surface area contributed by atoms with Crippen molar-refractivity contribution >= 4 is 29.2 Å². The van der Waals surface area contributed by atoms with Gasteiger partial charge in [-0.05, 0) is 48.4 Å². The number of amides is 1. The van der Waals surface area contributed by atoms with E-state index in [0.29, 0.717) is 5.75 Å². The number of pyridine rings is 1. The van der Waals surface area contributed by atoms with Crippen molar-refractivity contribution in [3.8, 4) is 11.6 Å². The molecule has 0 aliphatic rings. The van der Waals surface area contributed by atoms with Gasteiger partial charge in [-0.3, -0.25) is 14.9 Å². The number of hydrogen-bond donors (Lipinski definition) is 4. The number of carboxylic acid groups (broad SMARTS) is 2. The summed E-state index contributed by atoms with van der Waals surface area (Å²) < 4.78 is 107. The Labute approximate surface area is 250 Å². The first kappa shape index (κ1) is 38.6. The van der Waals surface area contributed by atoms with Crippen molar-refractivity contribution in [2.45, 2.75) is 31.0 Å². The predicted octanol–water partition coefficient (Wildman–Crippen LogP) is 5.58. The number of ether oxygens (including phenoxy) is 1. The molecule has 0 saturated heterocycles. The maximum absolute atomic E-state index is 12.6. The largest absolute Gasteiger partial charge is 0.490 e. The lowest BCUT2D eigenvalue weighted by molar-refractivity contribution is -0.385. The Morgan fingerprint density at radius 3 is 1.70 bits per heavy atom. The van der Waals surface area contributed by atoms with E-state index in [-0.39, 0.29) is 23.7 Å². The highest BCUT2D eigenvalue weighted by atomic mass is 19.4. The third kappa shape index (κ3) is 13.9. The number of rotatable bonds is 7. The lowest BCUT2D eigenvalue weighted by Crippen LogP contribution is -2.37. The molecule has 3 aromatic rings. The van der Waals surface area contributed by atoms with Crippen LogP contribution in [0.4, 0.5) is 50.9 Å². The van der Waals surface area contributed by atoms with Crippen LogP contribution in [0.5, 0.6) is 11.6 Å². The van der Waals surface area contributed by atoms with Gasteiger partial charge < -0.3 is 26.0 Å². The average molecular weight is 674 g/mol. The van der Waals surface area contributed by atoms with Crippen LogP contribution >= 0.6 is 0 Å². The fraction of sp³-hybridized carbons (Fsp3) is 0.200. The number of aliphatic carboxylic acids is 2. The Bertz CT molecular complexity index is 1450. The topological polar surface area (TPSA) is 195 Å². The van der Waals surface area contributed by atoms with Crippen LogP contribution in [0.3, 0.4) is 0 Å². The van der Waals surface area contributed by atoms with Gasteiger partial charge in [-0.25, -0.2) is 14.6 Å². The van der Waals surface area contributed by atoms with E-state index in [2.05, 4.69) is 10.3 Å². The van der Waals surface area contributed by atoms with Crippen molar-refractivity contribution < 1.29 is 73.8 Å². The fourth-order valence-electron chi connectivity index (χ4n) is 2.68. The molecular formula is C25H19F9N4O8. The van der Waals surface area contributed by atoms with Crippen molar-refractivity contribution in [1.29, 1.82) is 0 Å². The number of benzene rings is 2. The Balaban J connectivity index is 0.000000629. The van der Waals surface area contributed by atoms with Crippen LogP contribution in [-0.4, -0.2) is 56.4 Å². The molecule has 0 aliphatic heterocycles. The summed E-state index contributed by atoms with van der Waals surface area (Å²) >= 11 is 0. The average Bonchev–Trinajstić information content (AvgIpc) is 2.94. The number of nitrogens with one attached hydrogen (secondary N) is 1. The SMILES string of the molecule is N[C@@H](Cc1ccc(Oc2ccc([N+](=O)[O-])cn2)cc1)C(=O)Nc1ccc(C(F)(F)F)cc1.O=C(O)C(F)(F)F.O=C(O)C(F)(F)F. The molecule has 1 atom stereocenters. The lowest BCUT2D eigenvalue weighted by atomic mass is 10.1. The van der Waals surface area contributed by atoms with Crippen molar-refractivity contribution in [3.63, 3.8) is 0 Å². The third-order valence-corrected chi connectivity index (χ3v) is 4.83. The number of carboxylic acids is 2. The van der Waals surface area contributed by atoms with E-state index in [0.717, 1.165) is 36.0 Å². The highest BCUT2D eigenvalue weighted by molar-refractivity contribution is 5.94. The quantitative estimate of drug-likeness (QED) is 0.140. The van der Waals surface area contributed by atoms with Crippen LogP contribution in [0.25, 0.3) is 0 Å². The van der Waals surface area contributed by atoms with Gasteiger partial charge in [0.25, 0.3) is 5.69 Å². The number of carbonyl (C=O) groups excluding carboxylic acids is 1. The number of anilines is 1. The number of nitrogens with zero attached hydrogens (tertiary/aromatic N) is 2. The monoisotopic (exact) mass is 674 g/mol. The van der Waals surface area contributed by atoms with Crippen molar-refractivity contribution in [3.05, 3.63) is 88.1 Å². The number of nitrogens with two attached hydrogens (primary N) is 1. The van der Waals surface area contributed by atoms with Gasteiger partial charge in [0, 0.05) is 17.8 Å². The van der Waals surface area contributed by atoms with Gasteiger partial charge >= 0.3 is 30.5 Å². The maximum Gasteiger partial charge on any atom is 0.490 e. The number of nitro groups is 1. The van der Waals surface area contributed by atoms with E-state index in [1.165, 1.54) is 12.1 Å². The summed E-state index contributed by atoms with van der Waals surface area (Å²) in [5, 5.41) is 27.4. The van der Waals surface area contributed by atoms with E-state index in [9.17, 15) is 54.4 Å². The molecule has 2 aromatic carbocycles. The van der Waals surface area contributed by atoms with Gasteiger partial charge in [0.1, 0.15) is 11.9 Å². The molecule has 3 rings (SSSR count). The number of halogens is 9. The molecule has 0 radical (unpaired) electrons. The number of hydrogen-bond acceptors (Lipinski definition) is 8. The zero-order chi connectivity index (χ0) is 35.5. The predicted molar refractivity (Wildman–Crippen MR) is 137 cm³/mol. The highest BCUT2D eigenvalue weighted by Gasteiger charge is 2.39. The van der Waals surface area contributed by atoms with E-state index < -0.39 is 52.9 Å². The Morgan fingerprint density at radius 2 is 1.33 bits per heavy atom. The van der Waals surface area contributed by atoms with Crippen LogP contribution in [0.2, 0.25) is 0 Å². The van der Waals surface area contributed by atoms with Crippen molar-refractivity contribution in [1.82, 2.24) is 4.98 Å². The molecule has 5 N–H and O–H groups in total. The molecule has 1 amide bonds. The zero-order valence-corrected chi connectivity index (χ0v) is 22.4. The first-order chi connectivity index (χ1) is 21.0. The van der Waals surface area contributed by atoms with Crippen LogP contribution < -0.4 is 15.8 Å². The summed E-state index contributed by atoms with van der Waals surface area (Å²) in [7, 11) is 0. The summed E-state index contributed by atoms with van der Waals surface area (Å²) in [4.78, 5) is 44.0. The second-order valence-corrected chi connectivity index (χ2v) is 8.34. The number of carbonyl (C=O) groups is 3. The maximum atomic E-state index is 12.6. The third-order valence-electron chi connectivity index (χ3n) is 4.83. The van der Waals surface area contributed by atoms with Crippen LogP contribution in [0.1, 0.15) is 11.1 Å². The molecule has 0 unspecified atom stereocenters. The smallest absolute Gasteiger partial charge is 0.475 e. The van der Waals surface area contributed by atoms with Crippen LogP contribution in [0.15, 0.2) is 66.9 Å². The van der Waals surface area contributed by atoms with Gasteiger partial charge in [0.05, 0.1) is 16.5 Å². The van der Waals surface area contributed by atoms with Crippen LogP contribution in [0, 0.1) is 10.1 Å². The van der Waals surface area contributed by atoms with Gasteiger partial charge in [-0.15, -0.1) is 0 Å². The van der Waals surface area contributed by atoms with E-state index in [1.807, 2.05) is 0 Å². The minimum atomic E-state index is -5.08. The zero-order valence-electron chi connectivity index (χ0n) is 22.4. The molecule has 12 nitrogen and oxygen atoms in total. The standard InChI is InChI=1S/C21H17F3N4O4.2C2HF3O2/c22-21(23,24)14-3-5-15(6-4-14)27-20(29)18(25)11-13-1-8-17(9-2-13)32-19-10-7-16(12-26-19)28(30)31;2*3-2(4,5)1(6)7/h1-10,12,18H,11,25H2,(H,27,29);2*(H,6,7)/t18-;;/m0../s1. The van der Waals surface area contributed by atoms with Crippen molar-refractivity contribution in [2.75, 3.05) is 5.32 Å². The molecule has 0 fully saturated rings. The molecule has 0 saturated carbocycles. The lowest BCUT2D eigenvalue weighted by Gasteiger charge is -2.13. The molecular weight excluding hydrogens is 655 g/mol. The highest BCUT2D eigenvalue weighted by Crippen LogP contribution is 2.30. The second-order valence-electron chi connectivity index (χ2n) is 8.34. The van der Waals surface area contributed by atoms with Gasteiger partial charge in [0.15, 0.2) is 0 Å². The molecule has 0 spiro atoms. The second kappa shape index (κ2) is 16.0. The van der Waals surface area contributed by atoms with E-state index in [1.54, 1.807) is 24.3 Å². The summed E-state index contributed by atoms with van der Waals surface area (Å²) in [6, 6.07) is 12.4.